The van der Waals surface area contributed by atoms with Crippen molar-refractivity contribution in [2.45, 2.75) is 20.8 Å². The summed E-state index contributed by atoms with van der Waals surface area (Å²) in [7, 11) is 0. The Morgan fingerprint density at radius 2 is 1.93 bits per heavy atom. The predicted octanol–water partition coefficient (Wildman–Crippen LogP) is 2.84. The van der Waals surface area contributed by atoms with Crippen molar-refractivity contribution >= 4 is 11.6 Å². The van der Waals surface area contributed by atoms with Crippen LogP contribution >= 0.6 is 11.6 Å². The van der Waals surface area contributed by atoms with Crippen molar-refractivity contribution in [2.24, 2.45) is 0 Å². The number of nitrogens with zero attached hydrogens (tertiary/aromatic N) is 1. The van der Waals surface area contributed by atoms with E-state index >= 15 is 0 Å². The van der Waals surface area contributed by atoms with Crippen molar-refractivity contribution in [1.29, 1.82) is 0 Å². The third-order valence-electron chi connectivity index (χ3n) is 1.66. The highest BCUT2D eigenvalue weighted by Gasteiger charge is 2.14. The van der Waals surface area contributed by atoms with E-state index < -0.39 is 0 Å². The van der Waals surface area contributed by atoms with Crippen molar-refractivity contribution in [3.05, 3.63) is 16.8 Å². The van der Waals surface area contributed by atoms with E-state index in [2.05, 4.69) is 4.98 Å². The van der Waals surface area contributed by atoms with E-state index in [-0.39, 0.29) is 0 Å². The Morgan fingerprint density at radius 1 is 1.29 bits per heavy atom. The Kier molecular flexibility index (Phi) is 4.01. The molecule has 1 aromatic heterocycles. The molecule has 4 heteroatoms. The molecule has 0 radical (unpaired) electrons. The second kappa shape index (κ2) is 5.05. The van der Waals surface area contributed by atoms with E-state index in [1.807, 2.05) is 20.8 Å². The number of rotatable bonds is 0. The Labute approximate surface area is 89.0 Å². The second-order valence-electron chi connectivity index (χ2n) is 2.56. The number of halogens is 1. The van der Waals surface area contributed by atoms with Crippen molar-refractivity contribution in [2.75, 3.05) is 13.2 Å². The largest absolute Gasteiger partial charge is 0.484 e. The van der Waals surface area contributed by atoms with Crippen molar-refractivity contribution in [1.82, 2.24) is 4.98 Å². The number of ether oxygens (including phenoxy) is 2. The molecule has 0 N–H and O–H groups in total. The monoisotopic (exact) mass is 215 g/mol. The van der Waals surface area contributed by atoms with Gasteiger partial charge in [0.25, 0.3) is 5.88 Å². The average molecular weight is 216 g/mol. The number of hydrogen-bond donors (Lipinski definition) is 0. The number of pyridine rings is 1. The van der Waals surface area contributed by atoms with Crippen LogP contribution in [0.1, 0.15) is 19.5 Å². The molecule has 0 saturated carbocycles. The van der Waals surface area contributed by atoms with Gasteiger partial charge < -0.3 is 9.47 Å². The summed E-state index contributed by atoms with van der Waals surface area (Å²) < 4.78 is 10.6. The molecule has 2 rings (SSSR count). The van der Waals surface area contributed by atoms with E-state index in [0.717, 1.165) is 5.69 Å². The fraction of sp³-hybridized carbons (Fsp3) is 0.500. The summed E-state index contributed by atoms with van der Waals surface area (Å²) in [6, 6.07) is 1.73. The second-order valence-corrected chi connectivity index (χ2v) is 2.96. The Morgan fingerprint density at radius 3 is 2.64 bits per heavy atom. The summed E-state index contributed by atoms with van der Waals surface area (Å²) >= 11 is 5.85. The van der Waals surface area contributed by atoms with Gasteiger partial charge in [-0.25, -0.2) is 4.98 Å². The average Bonchev–Trinajstić information content (AvgIpc) is 2.23. The highest BCUT2D eigenvalue weighted by Crippen LogP contribution is 2.31. The molecule has 0 saturated heterocycles. The first-order chi connectivity index (χ1) is 6.77. The first-order valence-electron chi connectivity index (χ1n) is 4.70. The van der Waals surface area contributed by atoms with Gasteiger partial charge in [0.2, 0.25) is 0 Å². The molecule has 0 atom stereocenters. The van der Waals surface area contributed by atoms with Gasteiger partial charge in [0.05, 0.1) is 10.7 Å². The molecular weight excluding hydrogens is 202 g/mol. The lowest BCUT2D eigenvalue weighted by molar-refractivity contribution is 0.164. The summed E-state index contributed by atoms with van der Waals surface area (Å²) in [5, 5.41) is 0.610. The first-order valence-corrected chi connectivity index (χ1v) is 5.08. The van der Waals surface area contributed by atoms with Crippen LogP contribution in [0.5, 0.6) is 11.6 Å². The quantitative estimate of drug-likeness (QED) is 0.667. The van der Waals surface area contributed by atoms with E-state index in [4.69, 9.17) is 21.1 Å². The summed E-state index contributed by atoms with van der Waals surface area (Å²) in [5.74, 6) is 1.18. The van der Waals surface area contributed by atoms with Gasteiger partial charge in [0.15, 0.2) is 5.75 Å². The zero-order valence-corrected chi connectivity index (χ0v) is 9.39. The van der Waals surface area contributed by atoms with Crippen LogP contribution in [0.3, 0.4) is 0 Å². The minimum absolute atomic E-state index is 0.545. The highest BCUT2D eigenvalue weighted by molar-refractivity contribution is 6.31. The zero-order chi connectivity index (χ0) is 10.6. The standard InChI is InChI=1S/C8H8ClNO2.C2H6/c1-5-6(9)4-7-8(10-5)12-3-2-11-7;1-2/h4H,2-3H2,1H3;1-2H3. The Bertz CT molecular complexity index is 284. The van der Waals surface area contributed by atoms with Crippen LogP contribution in [0.15, 0.2) is 6.07 Å². The molecule has 1 aliphatic rings. The number of fused-ring (bicyclic) bond motifs is 1. The van der Waals surface area contributed by atoms with E-state index in [0.29, 0.717) is 29.9 Å². The van der Waals surface area contributed by atoms with Gasteiger partial charge >= 0.3 is 0 Å². The topological polar surface area (TPSA) is 31.4 Å². The molecule has 0 spiro atoms. The molecule has 1 aromatic rings. The van der Waals surface area contributed by atoms with Crippen LogP contribution < -0.4 is 9.47 Å². The number of aryl methyl sites for hydroxylation is 1. The fourth-order valence-electron chi connectivity index (χ4n) is 1.04. The van der Waals surface area contributed by atoms with E-state index in [9.17, 15) is 0 Å². The van der Waals surface area contributed by atoms with Crippen LogP contribution in [-0.2, 0) is 0 Å². The van der Waals surface area contributed by atoms with Gasteiger partial charge in [-0.2, -0.15) is 0 Å². The van der Waals surface area contributed by atoms with E-state index in [1.54, 1.807) is 6.07 Å². The van der Waals surface area contributed by atoms with Crippen LogP contribution in [0.25, 0.3) is 0 Å². The summed E-state index contributed by atoms with van der Waals surface area (Å²) in [6.07, 6.45) is 0. The Balaban J connectivity index is 0.000000461. The fourth-order valence-corrected chi connectivity index (χ4v) is 1.18. The summed E-state index contributed by atoms with van der Waals surface area (Å²) in [6.45, 7) is 6.95. The van der Waals surface area contributed by atoms with Gasteiger partial charge in [0.1, 0.15) is 13.2 Å². The van der Waals surface area contributed by atoms with Crippen molar-refractivity contribution < 1.29 is 9.47 Å². The SMILES string of the molecule is CC.Cc1nc2c(cc1Cl)OCCO2. The van der Waals surface area contributed by atoms with Crippen LogP contribution in [0.4, 0.5) is 0 Å². The minimum Gasteiger partial charge on any atom is -0.484 e. The summed E-state index contributed by atoms with van der Waals surface area (Å²) in [5.41, 5.74) is 0.765. The van der Waals surface area contributed by atoms with Gasteiger partial charge in [-0.15, -0.1) is 0 Å². The third kappa shape index (κ3) is 2.29. The summed E-state index contributed by atoms with van der Waals surface area (Å²) in [4.78, 5) is 4.13. The molecule has 0 aromatic carbocycles. The predicted molar refractivity (Wildman–Crippen MR) is 56.3 cm³/mol. The molecule has 3 nitrogen and oxygen atoms in total. The third-order valence-corrected chi connectivity index (χ3v) is 2.05. The first kappa shape index (κ1) is 11.1. The van der Waals surface area contributed by atoms with Crippen molar-refractivity contribution in [3.63, 3.8) is 0 Å². The minimum atomic E-state index is 0.545. The smallest absolute Gasteiger partial charge is 0.257 e. The molecule has 1 aliphatic heterocycles. The maximum absolute atomic E-state index is 5.85. The molecule has 0 aliphatic carbocycles. The highest BCUT2D eigenvalue weighted by atomic mass is 35.5. The van der Waals surface area contributed by atoms with Crippen LogP contribution in [0, 0.1) is 6.92 Å². The van der Waals surface area contributed by atoms with E-state index in [1.165, 1.54) is 0 Å². The van der Waals surface area contributed by atoms with Crippen molar-refractivity contribution in [3.8, 4) is 11.6 Å². The lowest BCUT2D eigenvalue weighted by Gasteiger charge is -2.17. The molecule has 78 valence electrons. The molecular formula is C10H14ClNO2. The van der Waals surface area contributed by atoms with Gasteiger partial charge in [-0.3, -0.25) is 0 Å². The molecule has 0 unspecified atom stereocenters. The van der Waals surface area contributed by atoms with Gasteiger partial charge in [0, 0.05) is 6.07 Å². The van der Waals surface area contributed by atoms with Gasteiger partial charge in [-0.05, 0) is 6.92 Å². The maximum Gasteiger partial charge on any atom is 0.257 e. The Hall–Kier alpha value is -0.960. The number of aromatic nitrogens is 1. The normalized spacial score (nSPS) is 12.9. The number of hydrogen-bond acceptors (Lipinski definition) is 3. The lowest BCUT2D eigenvalue weighted by atomic mass is 10.3. The molecule has 0 fully saturated rings. The molecule has 2 heterocycles. The molecule has 0 amide bonds. The molecule has 0 bridgehead atoms. The van der Waals surface area contributed by atoms with Crippen LogP contribution in [-0.4, -0.2) is 18.2 Å². The lowest BCUT2D eigenvalue weighted by Crippen LogP contribution is -2.16. The van der Waals surface area contributed by atoms with Crippen LogP contribution in [0.2, 0.25) is 5.02 Å². The van der Waals surface area contributed by atoms with Gasteiger partial charge in [-0.1, -0.05) is 25.4 Å². The zero-order valence-electron chi connectivity index (χ0n) is 8.63. The maximum atomic E-state index is 5.85. The molecule has 14 heavy (non-hydrogen) atoms.